The van der Waals surface area contributed by atoms with E-state index in [-0.39, 0.29) is 12.4 Å². The molecule has 3 N–H and O–H groups in total. The second-order valence-electron chi connectivity index (χ2n) is 5.59. The van der Waals surface area contributed by atoms with Gasteiger partial charge in [0.25, 0.3) is 0 Å². The SMILES string of the molecule is Cl.NCCN(CCc1ccccc1)Cc1ccc2cn[nH]c2c1. The van der Waals surface area contributed by atoms with Crippen LogP contribution in [0.25, 0.3) is 10.9 Å². The molecule has 1 aromatic heterocycles. The van der Waals surface area contributed by atoms with Crippen LogP contribution < -0.4 is 5.73 Å². The van der Waals surface area contributed by atoms with E-state index in [1.165, 1.54) is 11.1 Å². The Morgan fingerprint density at radius 2 is 1.83 bits per heavy atom. The van der Waals surface area contributed by atoms with Gasteiger partial charge in [0, 0.05) is 31.6 Å². The zero-order valence-electron chi connectivity index (χ0n) is 13.1. The van der Waals surface area contributed by atoms with Crippen molar-refractivity contribution in [1.82, 2.24) is 15.1 Å². The van der Waals surface area contributed by atoms with Crippen molar-refractivity contribution in [3.8, 4) is 0 Å². The minimum atomic E-state index is 0. The number of H-pyrrole nitrogens is 1. The minimum Gasteiger partial charge on any atom is -0.329 e. The van der Waals surface area contributed by atoms with Gasteiger partial charge >= 0.3 is 0 Å². The van der Waals surface area contributed by atoms with Crippen LogP contribution in [-0.2, 0) is 13.0 Å². The molecule has 23 heavy (non-hydrogen) atoms. The van der Waals surface area contributed by atoms with Crippen molar-refractivity contribution in [1.29, 1.82) is 0 Å². The summed E-state index contributed by atoms with van der Waals surface area (Å²) in [6.45, 7) is 3.52. The summed E-state index contributed by atoms with van der Waals surface area (Å²) in [5.74, 6) is 0. The first-order valence-electron chi connectivity index (χ1n) is 7.73. The number of nitrogens with one attached hydrogen (secondary N) is 1. The third-order valence-corrected chi connectivity index (χ3v) is 3.92. The predicted octanol–water partition coefficient (Wildman–Crippen LogP) is 2.99. The van der Waals surface area contributed by atoms with Crippen LogP contribution in [0.2, 0.25) is 0 Å². The standard InChI is InChI=1S/C18H22N4.ClH/c19-9-11-22(10-8-15-4-2-1-3-5-15)14-16-6-7-17-13-20-21-18(17)12-16;/h1-7,12-13H,8-11,14,19H2,(H,20,21);1H. The fourth-order valence-electron chi connectivity index (χ4n) is 2.73. The Balaban J connectivity index is 0.00000192. The molecule has 0 fully saturated rings. The van der Waals surface area contributed by atoms with Gasteiger partial charge in [0.1, 0.15) is 0 Å². The Hall–Kier alpha value is -1.88. The Morgan fingerprint density at radius 3 is 2.61 bits per heavy atom. The van der Waals surface area contributed by atoms with E-state index in [0.29, 0.717) is 6.54 Å². The molecule has 0 radical (unpaired) electrons. The first-order valence-corrected chi connectivity index (χ1v) is 7.73. The van der Waals surface area contributed by atoms with Crippen molar-refractivity contribution in [2.24, 2.45) is 5.73 Å². The number of halogens is 1. The Morgan fingerprint density at radius 1 is 1.00 bits per heavy atom. The smallest absolute Gasteiger partial charge is 0.0653 e. The number of hydrogen-bond acceptors (Lipinski definition) is 3. The van der Waals surface area contributed by atoms with Crippen molar-refractivity contribution >= 4 is 23.3 Å². The Kier molecular flexibility index (Phi) is 6.59. The lowest BCUT2D eigenvalue weighted by molar-refractivity contribution is 0.276. The molecule has 0 aliphatic carbocycles. The van der Waals surface area contributed by atoms with Crippen LogP contribution in [0.4, 0.5) is 0 Å². The molecule has 0 unspecified atom stereocenters. The number of benzene rings is 2. The molecule has 2 aromatic carbocycles. The van der Waals surface area contributed by atoms with E-state index in [1.54, 1.807) is 0 Å². The molecule has 0 atom stereocenters. The second kappa shape index (κ2) is 8.67. The molecule has 4 nitrogen and oxygen atoms in total. The number of rotatable bonds is 7. The summed E-state index contributed by atoms with van der Waals surface area (Å²) in [5, 5.41) is 8.26. The molecule has 0 bridgehead atoms. The summed E-state index contributed by atoms with van der Waals surface area (Å²) in [7, 11) is 0. The minimum absolute atomic E-state index is 0. The van der Waals surface area contributed by atoms with Crippen LogP contribution in [0.15, 0.2) is 54.7 Å². The normalized spacial score (nSPS) is 10.9. The summed E-state index contributed by atoms with van der Waals surface area (Å²) >= 11 is 0. The zero-order chi connectivity index (χ0) is 15.2. The molecule has 122 valence electrons. The van der Waals surface area contributed by atoms with E-state index in [4.69, 9.17) is 5.73 Å². The fraction of sp³-hybridized carbons (Fsp3) is 0.278. The average Bonchev–Trinajstić information content (AvgIpc) is 3.01. The van der Waals surface area contributed by atoms with E-state index >= 15 is 0 Å². The van der Waals surface area contributed by atoms with Gasteiger partial charge in [-0.15, -0.1) is 12.4 Å². The third kappa shape index (κ3) is 4.79. The molecule has 0 spiro atoms. The number of aromatic amines is 1. The van der Waals surface area contributed by atoms with E-state index in [9.17, 15) is 0 Å². The molecule has 0 aliphatic rings. The van der Waals surface area contributed by atoms with Crippen LogP contribution in [0.1, 0.15) is 11.1 Å². The number of hydrogen-bond donors (Lipinski definition) is 2. The third-order valence-electron chi connectivity index (χ3n) is 3.92. The summed E-state index contributed by atoms with van der Waals surface area (Å²) in [6, 6.07) is 17.1. The Labute approximate surface area is 143 Å². The quantitative estimate of drug-likeness (QED) is 0.700. The van der Waals surface area contributed by atoms with Gasteiger partial charge in [0.15, 0.2) is 0 Å². The van der Waals surface area contributed by atoms with Crippen LogP contribution >= 0.6 is 12.4 Å². The van der Waals surface area contributed by atoms with Crippen molar-refractivity contribution < 1.29 is 0 Å². The molecule has 0 saturated carbocycles. The van der Waals surface area contributed by atoms with E-state index in [0.717, 1.165) is 37.0 Å². The Bertz CT molecular complexity index is 711. The lowest BCUT2D eigenvalue weighted by Crippen LogP contribution is -2.31. The number of nitrogens with two attached hydrogens (primary N) is 1. The molecule has 3 aromatic rings. The molecule has 0 saturated heterocycles. The summed E-state index contributed by atoms with van der Waals surface area (Å²) in [6.07, 6.45) is 2.90. The van der Waals surface area contributed by atoms with Crippen LogP contribution in [0.5, 0.6) is 0 Å². The highest BCUT2D eigenvalue weighted by Crippen LogP contribution is 2.14. The number of nitrogens with zero attached hydrogens (tertiary/aromatic N) is 2. The van der Waals surface area contributed by atoms with E-state index in [2.05, 4.69) is 63.6 Å². The van der Waals surface area contributed by atoms with E-state index in [1.807, 2.05) is 6.20 Å². The number of aromatic nitrogens is 2. The highest BCUT2D eigenvalue weighted by Gasteiger charge is 2.07. The topological polar surface area (TPSA) is 57.9 Å². The molecule has 5 heteroatoms. The van der Waals surface area contributed by atoms with Crippen LogP contribution in [0.3, 0.4) is 0 Å². The fourth-order valence-corrected chi connectivity index (χ4v) is 2.73. The average molecular weight is 331 g/mol. The van der Waals surface area contributed by atoms with Crippen LogP contribution in [0, 0.1) is 0 Å². The van der Waals surface area contributed by atoms with Crippen molar-refractivity contribution in [2.75, 3.05) is 19.6 Å². The predicted molar refractivity (Wildman–Crippen MR) is 97.8 cm³/mol. The van der Waals surface area contributed by atoms with Crippen molar-refractivity contribution in [2.45, 2.75) is 13.0 Å². The van der Waals surface area contributed by atoms with Gasteiger partial charge in [-0.05, 0) is 23.6 Å². The highest BCUT2D eigenvalue weighted by atomic mass is 35.5. The maximum Gasteiger partial charge on any atom is 0.0653 e. The van der Waals surface area contributed by atoms with Gasteiger partial charge in [-0.25, -0.2) is 0 Å². The summed E-state index contributed by atoms with van der Waals surface area (Å²) < 4.78 is 0. The lowest BCUT2D eigenvalue weighted by atomic mass is 10.1. The largest absolute Gasteiger partial charge is 0.329 e. The summed E-state index contributed by atoms with van der Waals surface area (Å²) in [5.41, 5.74) is 9.52. The zero-order valence-corrected chi connectivity index (χ0v) is 13.9. The van der Waals surface area contributed by atoms with Gasteiger partial charge < -0.3 is 5.73 Å². The van der Waals surface area contributed by atoms with Gasteiger partial charge in [-0.2, -0.15) is 5.10 Å². The molecular formula is C18H23ClN4. The first-order chi connectivity index (χ1) is 10.8. The number of fused-ring (bicyclic) bond motifs is 1. The second-order valence-corrected chi connectivity index (χ2v) is 5.59. The molecule has 0 amide bonds. The van der Waals surface area contributed by atoms with Gasteiger partial charge in [0.2, 0.25) is 0 Å². The molecular weight excluding hydrogens is 308 g/mol. The maximum absolute atomic E-state index is 5.77. The van der Waals surface area contributed by atoms with Crippen molar-refractivity contribution in [3.05, 3.63) is 65.9 Å². The molecule has 1 heterocycles. The molecule has 0 aliphatic heterocycles. The van der Waals surface area contributed by atoms with Crippen LogP contribution in [-0.4, -0.2) is 34.7 Å². The highest BCUT2D eigenvalue weighted by molar-refractivity contribution is 5.85. The van der Waals surface area contributed by atoms with E-state index < -0.39 is 0 Å². The summed E-state index contributed by atoms with van der Waals surface area (Å²) in [4.78, 5) is 2.41. The van der Waals surface area contributed by atoms with Gasteiger partial charge in [-0.1, -0.05) is 42.5 Å². The maximum atomic E-state index is 5.77. The van der Waals surface area contributed by atoms with Crippen molar-refractivity contribution in [3.63, 3.8) is 0 Å². The first kappa shape index (κ1) is 17.5. The monoisotopic (exact) mass is 330 g/mol. The van der Waals surface area contributed by atoms with Gasteiger partial charge in [0.05, 0.1) is 11.7 Å². The molecule has 3 rings (SSSR count). The van der Waals surface area contributed by atoms with Gasteiger partial charge in [-0.3, -0.25) is 10.00 Å². The lowest BCUT2D eigenvalue weighted by Gasteiger charge is -2.21.